The highest BCUT2D eigenvalue weighted by atomic mass is 79.9. The molecule has 0 N–H and O–H groups in total. The fourth-order valence-electron chi connectivity index (χ4n) is 1.64. The van der Waals surface area contributed by atoms with E-state index in [1.54, 1.807) is 0 Å². The first-order chi connectivity index (χ1) is 7.59. The van der Waals surface area contributed by atoms with Crippen LogP contribution >= 0.6 is 15.9 Å². The highest BCUT2D eigenvalue weighted by Crippen LogP contribution is 2.31. The first kappa shape index (κ1) is 11.0. The maximum atomic E-state index is 11.6. The number of halogens is 1. The van der Waals surface area contributed by atoms with E-state index < -0.39 is 4.92 Å². The molecule has 7 heteroatoms. The number of hydrogen-bond donors (Lipinski definition) is 0. The van der Waals surface area contributed by atoms with Crippen LogP contribution in [0.3, 0.4) is 0 Å². The van der Waals surface area contributed by atoms with Gasteiger partial charge in [0.2, 0.25) is 5.91 Å². The molecular weight excluding hydrogens is 278 g/mol. The van der Waals surface area contributed by atoms with Gasteiger partial charge < -0.3 is 4.90 Å². The summed E-state index contributed by atoms with van der Waals surface area (Å²) in [6.45, 7) is 0.448. The molecule has 2 heterocycles. The summed E-state index contributed by atoms with van der Waals surface area (Å²) in [5, 5.41) is 10.8. The molecule has 1 aliphatic heterocycles. The van der Waals surface area contributed by atoms with Crippen molar-refractivity contribution >= 4 is 33.2 Å². The Morgan fingerprint density at radius 2 is 2.38 bits per heavy atom. The largest absolute Gasteiger partial charge is 0.311 e. The summed E-state index contributed by atoms with van der Waals surface area (Å²) in [6.07, 6.45) is 2.96. The van der Waals surface area contributed by atoms with Crippen molar-refractivity contribution in [1.82, 2.24) is 4.98 Å². The highest BCUT2D eigenvalue weighted by Gasteiger charge is 2.32. The molecule has 0 spiro atoms. The van der Waals surface area contributed by atoms with Gasteiger partial charge in [-0.25, -0.2) is 0 Å². The number of carbonyl (C=O) groups excluding carboxylic acids is 1. The summed E-state index contributed by atoms with van der Waals surface area (Å²) in [6, 6.07) is 1.49. The van der Waals surface area contributed by atoms with Crippen LogP contribution in [0.25, 0.3) is 0 Å². The van der Waals surface area contributed by atoms with Crippen molar-refractivity contribution in [1.29, 1.82) is 0 Å². The smallest absolute Gasteiger partial charge is 0.305 e. The summed E-state index contributed by atoms with van der Waals surface area (Å²) in [5.74, 6) is -0.115. The Labute approximate surface area is 99.5 Å². The molecule has 84 valence electrons. The fraction of sp³-hybridized carbons (Fsp3) is 0.333. The van der Waals surface area contributed by atoms with Gasteiger partial charge in [-0.05, 0) is 6.07 Å². The molecule has 16 heavy (non-hydrogen) atoms. The number of hydrogen-bond acceptors (Lipinski definition) is 4. The molecule has 1 aromatic rings. The quantitative estimate of drug-likeness (QED) is 0.469. The third-order valence-electron chi connectivity index (χ3n) is 2.34. The zero-order chi connectivity index (χ0) is 11.7. The number of anilines is 1. The van der Waals surface area contributed by atoms with Crippen molar-refractivity contribution in [3.05, 3.63) is 28.6 Å². The maximum Gasteiger partial charge on any atom is 0.311 e. The Morgan fingerprint density at radius 1 is 1.62 bits per heavy atom. The first-order valence-corrected chi connectivity index (χ1v) is 5.54. The molecule has 6 nitrogen and oxygen atoms in total. The van der Waals surface area contributed by atoms with Crippen molar-refractivity contribution in [3.63, 3.8) is 0 Å². The summed E-state index contributed by atoms with van der Waals surface area (Å²) < 4.78 is 0. The second-order valence-electron chi connectivity index (χ2n) is 3.43. The van der Waals surface area contributed by atoms with Crippen LogP contribution in [0, 0.1) is 10.1 Å². The number of alkyl halides is 1. The van der Waals surface area contributed by atoms with Gasteiger partial charge in [0.15, 0.2) is 0 Å². The second kappa shape index (κ2) is 4.17. The van der Waals surface area contributed by atoms with E-state index in [4.69, 9.17) is 0 Å². The number of nitrogens with zero attached hydrogens (tertiary/aromatic N) is 3. The number of rotatable bonds is 2. The van der Waals surface area contributed by atoms with Crippen LogP contribution in [-0.2, 0) is 4.79 Å². The van der Waals surface area contributed by atoms with E-state index in [0.717, 1.165) is 6.20 Å². The van der Waals surface area contributed by atoms with Crippen molar-refractivity contribution in [2.75, 3.05) is 11.4 Å². The van der Waals surface area contributed by atoms with Crippen LogP contribution in [-0.4, -0.2) is 27.2 Å². The molecule has 0 aromatic carbocycles. The van der Waals surface area contributed by atoms with E-state index in [2.05, 4.69) is 20.9 Å². The molecule has 1 aromatic heterocycles. The second-order valence-corrected chi connectivity index (χ2v) is 4.72. The average molecular weight is 286 g/mol. The van der Waals surface area contributed by atoms with E-state index >= 15 is 0 Å². The minimum absolute atomic E-state index is 0.0489. The predicted octanol–water partition coefficient (Wildman–Crippen LogP) is 1.49. The van der Waals surface area contributed by atoms with E-state index in [0.29, 0.717) is 18.7 Å². The standard InChI is InChI=1S/C9H8BrN3O3/c10-6-3-9(14)12(5-6)7-1-2-11-4-8(7)13(15)16/h1-2,4,6H,3,5H2. The third kappa shape index (κ3) is 1.90. The lowest BCUT2D eigenvalue weighted by Gasteiger charge is -2.15. The minimum atomic E-state index is -0.531. The lowest BCUT2D eigenvalue weighted by atomic mass is 10.3. The molecule has 1 fully saturated rings. The van der Waals surface area contributed by atoms with Crippen LogP contribution < -0.4 is 4.90 Å². The molecule has 1 atom stereocenters. The van der Waals surface area contributed by atoms with Gasteiger partial charge in [0, 0.05) is 24.0 Å². The zero-order valence-electron chi connectivity index (χ0n) is 8.17. The minimum Gasteiger partial charge on any atom is -0.305 e. The topological polar surface area (TPSA) is 76.3 Å². The van der Waals surface area contributed by atoms with Gasteiger partial charge in [-0.3, -0.25) is 19.9 Å². The highest BCUT2D eigenvalue weighted by molar-refractivity contribution is 9.09. The average Bonchev–Trinajstić information content (AvgIpc) is 2.57. The van der Waals surface area contributed by atoms with Crippen LogP contribution in [0.4, 0.5) is 11.4 Å². The molecule has 1 saturated heterocycles. The Hall–Kier alpha value is -1.50. The van der Waals surface area contributed by atoms with Gasteiger partial charge in [0.05, 0.1) is 4.92 Å². The van der Waals surface area contributed by atoms with Gasteiger partial charge in [-0.2, -0.15) is 0 Å². The Kier molecular flexibility index (Phi) is 2.86. The molecule has 1 aliphatic rings. The summed E-state index contributed by atoms with van der Waals surface area (Å²) in [4.78, 5) is 27.0. The fourth-order valence-corrected chi connectivity index (χ4v) is 2.21. The summed E-state index contributed by atoms with van der Waals surface area (Å²) >= 11 is 3.33. The van der Waals surface area contributed by atoms with Gasteiger partial charge >= 0.3 is 5.69 Å². The Bertz CT molecular complexity index is 451. The molecule has 1 unspecified atom stereocenters. The molecule has 1 amide bonds. The lowest BCUT2D eigenvalue weighted by Crippen LogP contribution is -2.25. The molecule has 2 rings (SSSR count). The van der Waals surface area contributed by atoms with Crippen molar-refractivity contribution in [2.24, 2.45) is 0 Å². The third-order valence-corrected chi connectivity index (χ3v) is 2.96. The Balaban J connectivity index is 2.40. The summed E-state index contributed by atoms with van der Waals surface area (Å²) in [5.41, 5.74) is 0.171. The van der Waals surface area contributed by atoms with Crippen LogP contribution in [0.1, 0.15) is 6.42 Å². The Morgan fingerprint density at radius 3 is 2.94 bits per heavy atom. The number of amides is 1. The normalized spacial score (nSPS) is 20.2. The van der Waals surface area contributed by atoms with Crippen molar-refractivity contribution in [3.8, 4) is 0 Å². The number of pyridine rings is 1. The molecule has 0 aliphatic carbocycles. The van der Waals surface area contributed by atoms with Gasteiger partial charge in [0.25, 0.3) is 0 Å². The monoisotopic (exact) mass is 285 g/mol. The lowest BCUT2D eigenvalue weighted by molar-refractivity contribution is -0.384. The molecule has 0 saturated carbocycles. The predicted molar refractivity (Wildman–Crippen MR) is 60.6 cm³/mol. The maximum absolute atomic E-state index is 11.6. The van der Waals surface area contributed by atoms with E-state index in [9.17, 15) is 14.9 Å². The van der Waals surface area contributed by atoms with Gasteiger partial charge in [-0.1, -0.05) is 15.9 Å². The SMILES string of the molecule is O=C1CC(Br)CN1c1ccncc1[N+](=O)[O-]. The molecule has 0 bridgehead atoms. The van der Waals surface area contributed by atoms with E-state index in [1.807, 2.05) is 0 Å². The molecular formula is C9H8BrN3O3. The van der Waals surface area contributed by atoms with Crippen LogP contribution in [0.5, 0.6) is 0 Å². The van der Waals surface area contributed by atoms with E-state index in [-0.39, 0.29) is 16.4 Å². The number of aromatic nitrogens is 1. The van der Waals surface area contributed by atoms with Crippen molar-refractivity contribution < 1.29 is 9.72 Å². The molecule has 0 radical (unpaired) electrons. The first-order valence-electron chi connectivity index (χ1n) is 4.62. The zero-order valence-corrected chi connectivity index (χ0v) is 9.75. The summed E-state index contributed by atoms with van der Waals surface area (Å²) in [7, 11) is 0. The van der Waals surface area contributed by atoms with E-state index in [1.165, 1.54) is 17.2 Å². The van der Waals surface area contributed by atoms with Crippen molar-refractivity contribution in [2.45, 2.75) is 11.2 Å². The van der Waals surface area contributed by atoms with Crippen LogP contribution in [0.2, 0.25) is 0 Å². The number of carbonyl (C=O) groups is 1. The van der Waals surface area contributed by atoms with Gasteiger partial charge in [-0.15, -0.1) is 0 Å². The van der Waals surface area contributed by atoms with Crippen LogP contribution in [0.15, 0.2) is 18.5 Å². The van der Waals surface area contributed by atoms with Gasteiger partial charge in [0.1, 0.15) is 11.9 Å². The number of nitro groups is 1.